The predicted molar refractivity (Wildman–Crippen MR) is 91.3 cm³/mol. The molecule has 0 heterocycles. The van der Waals surface area contributed by atoms with Gasteiger partial charge in [-0.2, -0.15) is 0 Å². The van der Waals surface area contributed by atoms with Gasteiger partial charge in [0.15, 0.2) is 0 Å². The molecule has 21 heavy (non-hydrogen) atoms. The summed E-state index contributed by atoms with van der Waals surface area (Å²) in [5.41, 5.74) is 2.20. The minimum atomic E-state index is -0.241. The van der Waals surface area contributed by atoms with E-state index in [-0.39, 0.29) is 17.3 Å². The highest BCUT2D eigenvalue weighted by Gasteiger charge is 2.23. The molecular weight excluding hydrogens is 329 g/mol. The summed E-state index contributed by atoms with van der Waals surface area (Å²) in [6.45, 7) is 6.61. The lowest BCUT2D eigenvalue weighted by Gasteiger charge is -2.29. The SMILES string of the molecule is CC(CC(C)(C)c1ccccc1)Nc1ccc(Br)c(F)c1. The molecule has 0 amide bonds. The third kappa shape index (κ3) is 4.31. The summed E-state index contributed by atoms with van der Waals surface area (Å²) in [6.07, 6.45) is 0.967. The van der Waals surface area contributed by atoms with E-state index in [1.807, 2.05) is 12.1 Å². The van der Waals surface area contributed by atoms with Crippen LogP contribution in [0.2, 0.25) is 0 Å². The number of benzene rings is 2. The second-order valence-corrected chi connectivity index (χ2v) is 6.98. The van der Waals surface area contributed by atoms with E-state index in [0.717, 1.165) is 12.1 Å². The first-order chi connectivity index (χ1) is 9.88. The van der Waals surface area contributed by atoms with Gasteiger partial charge in [-0.15, -0.1) is 0 Å². The van der Waals surface area contributed by atoms with Gasteiger partial charge in [0, 0.05) is 11.7 Å². The minimum absolute atomic E-state index is 0.0710. The molecule has 0 bridgehead atoms. The zero-order valence-corrected chi connectivity index (χ0v) is 14.2. The average molecular weight is 350 g/mol. The van der Waals surface area contributed by atoms with Crippen molar-refractivity contribution in [2.45, 2.75) is 38.6 Å². The van der Waals surface area contributed by atoms with Crippen LogP contribution in [0.3, 0.4) is 0 Å². The van der Waals surface area contributed by atoms with Gasteiger partial charge in [0.05, 0.1) is 4.47 Å². The average Bonchev–Trinajstić information content (AvgIpc) is 2.43. The zero-order chi connectivity index (χ0) is 15.5. The van der Waals surface area contributed by atoms with E-state index in [2.05, 4.69) is 66.3 Å². The highest BCUT2D eigenvalue weighted by Crippen LogP contribution is 2.29. The molecule has 1 atom stereocenters. The Morgan fingerprint density at radius 3 is 2.43 bits per heavy atom. The minimum Gasteiger partial charge on any atom is -0.382 e. The molecule has 0 aliphatic heterocycles. The number of nitrogens with one attached hydrogen (secondary N) is 1. The second-order valence-electron chi connectivity index (χ2n) is 6.13. The van der Waals surface area contributed by atoms with Crippen molar-refractivity contribution in [1.29, 1.82) is 0 Å². The molecule has 1 N–H and O–H groups in total. The fourth-order valence-corrected chi connectivity index (χ4v) is 2.94. The fraction of sp³-hybridized carbons (Fsp3) is 0.333. The van der Waals surface area contributed by atoms with E-state index in [4.69, 9.17) is 0 Å². The van der Waals surface area contributed by atoms with Crippen molar-refractivity contribution in [2.24, 2.45) is 0 Å². The summed E-state index contributed by atoms with van der Waals surface area (Å²) in [7, 11) is 0. The molecule has 1 unspecified atom stereocenters. The number of hydrogen-bond acceptors (Lipinski definition) is 1. The molecule has 0 fully saturated rings. The van der Waals surface area contributed by atoms with Crippen LogP contribution < -0.4 is 5.32 Å². The lowest BCUT2D eigenvalue weighted by atomic mass is 9.79. The summed E-state index contributed by atoms with van der Waals surface area (Å²) in [4.78, 5) is 0. The third-order valence-electron chi connectivity index (χ3n) is 3.70. The molecule has 0 radical (unpaired) electrons. The predicted octanol–water partition coefficient (Wildman–Crippen LogP) is 5.76. The van der Waals surface area contributed by atoms with Crippen LogP contribution in [0.15, 0.2) is 53.0 Å². The maximum atomic E-state index is 13.5. The van der Waals surface area contributed by atoms with Crippen LogP contribution in [0.25, 0.3) is 0 Å². The first kappa shape index (κ1) is 16.0. The Balaban J connectivity index is 2.04. The standard InChI is InChI=1S/C18H21BrFN/c1-13(21-15-9-10-16(19)17(20)11-15)12-18(2,3)14-7-5-4-6-8-14/h4-11,13,21H,12H2,1-3H3. The molecule has 2 aromatic rings. The van der Waals surface area contributed by atoms with Gasteiger partial charge in [-0.1, -0.05) is 44.2 Å². The quantitative estimate of drug-likeness (QED) is 0.723. The van der Waals surface area contributed by atoms with Gasteiger partial charge in [-0.05, 0) is 58.5 Å². The molecule has 0 aromatic heterocycles. The van der Waals surface area contributed by atoms with E-state index in [0.29, 0.717) is 4.47 Å². The fourth-order valence-electron chi connectivity index (χ4n) is 2.69. The smallest absolute Gasteiger partial charge is 0.139 e. The van der Waals surface area contributed by atoms with Gasteiger partial charge in [0.2, 0.25) is 0 Å². The van der Waals surface area contributed by atoms with Gasteiger partial charge >= 0.3 is 0 Å². The first-order valence-corrected chi connectivity index (χ1v) is 7.95. The summed E-state index contributed by atoms with van der Waals surface area (Å²) >= 11 is 3.17. The summed E-state index contributed by atoms with van der Waals surface area (Å²) in [5, 5.41) is 3.37. The summed E-state index contributed by atoms with van der Waals surface area (Å²) in [6, 6.07) is 15.9. The Morgan fingerprint density at radius 2 is 1.81 bits per heavy atom. The van der Waals surface area contributed by atoms with Crippen LogP contribution in [0.1, 0.15) is 32.8 Å². The summed E-state index contributed by atoms with van der Waals surface area (Å²) < 4.78 is 14.0. The molecule has 0 aliphatic carbocycles. The largest absolute Gasteiger partial charge is 0.382 e. The highest BCUT2D eigenvalue weighted by atomic mass is 79.9. The Morgan fingerprint density at radius 1 is 1.14 bits per heavy atom. The zero-order valence-electron chi connectivity index (χ0n) is 12.7. The van der Waals surface area contributed by atoms with E-state index in [1.165, 1.54) is 11.6 Å². The van der Waals surface area contributed by atoms with E-state index < -0.39 is 0 Å². The van der Waals surface area contributed by atoms with Crippen LogP contribution in [0.5, 0.6) is 0 Å². The van der Waals surface area contributed by atoms with Gasteiger partial charge in [-0.3, -0.25) is 0 Å². The Bertz CT molecular complexity index is 595. The first-order valence-electron chi connectivity index (χ1n) is 7.15. The molecule has 0 spiro atoms. The molecule has 0 aliphatic rings. The van der Waals surface area contributed by atoms with Gasteiger partial charge in [0.25, 0.3) is 0 Å². The normalized spacial score (nSPS) is 13.0. The van der Waals surface area contributed by atoms with Gasteiger partial charge < -0.3 is 5.32 Å². The number of hydrogen-bond donors (Lipinski definition) is 1. The van der Waals surface area contributed by atoms with Crippen LogP contribution >= 0.6 is 15.9 Å². The van der Waals surface area contributed by atoms with E-state index >= 15 is 0 Å². The van der Waals surface area contributed by atoms with Crippen molar-refractivity contribution < 1.29 is 4.39 Å². The maximum absolute atomic E-state index is 13.5. The molecule has 1 nitrogen and oxygen atoms in total. The topological polar surface area (TPSA) is 12.0 Å². The number of anilines is 1. The molecule has 2 aromatic carbocycles. The van der Waals surface area contributed by atoms with Gasteiger partial charge in [0.1, 0.15) is 5.82 Å². The van der Waals surface area contributed by atoms with Crippen LogP contribution in [-0.4, -0.2) is 6.04 Å². The lowest BCUT2D eigenvalue weighted by Crippen LogP contribution is -2.27. The van der Waals surface area contributed by atoms with Crippen LogP contribution in [-0.2, 0) is 5.41 Å². The van der Waals surface area contributed by atoms with Crippen LogP contribution in [0, 0.1) is 5.82 Å². The van der Waals surface area contributed by atoms with Crippen LogP contribution in [0.4, 0.5) is 10.1 Å². The summed E-state index contributed by atoms with van der Waals surface area (Å²) in [5.74, 6) is -0.241. The van der Waals surface area contributed by atoms with Crippen molar-refractivity contribution in [3.05, 3.63) is 64.4 Å². The molecule has 3 heteroatoms. The molecule has 2 rings (SSSR count). The van der Waals surface area contributed by atoms with Crippen molar-refractivity contribution in [3.63, 3.8) is 0 Å². The van der Waals surface area contributed by atoms with E-state index in [1.54, 1.807) is 6.07 Å². The van der Waals surface area contributed by atoms with Crippen molar-refractivity contribution in [3.8, 4) is 0 Å². The maximum Gasteiger partial charge on any atom is 0.139 e. The number of rotatable bonds is 5. The molecule has 0 saturated heterocycles. The molecule has 112 valence electrons. The second kappa shape index (κ2) is 6.61. The van der Waals surface area contributed by atoms with Crippen molar-refractivity contribution in [2.75, 3.05) is 5.32 Å². The lowest BCUT2D eigenvalue weighted by molar-refractivity contribution is 0.450. The Kier molecular flexibility index (Phi) is 5.04. The van der Waals surface area contributed by atoms with Crippen molar-refractivity contribution >= 4 is 21.6 Å². The highest BCUT2D eigenvalue weighted by molar-refractivity contribution is 9.10. The molecule has 0 saturated carbocycles. The monoisotopic (exact) mass is 349 g/mol. The Hall–Kier alpha value is -1.35. The Labute approximate surface area is 134 Å². The molecular formula is C18H21BrFN. The third-order valence-corrected chi connectivity index (χ3v) is 4.35. The van der Waals surface area contributed by atoms with Gasteiger partial charge in [-0.25, -0.2) is 4.39 Å². The van der Waals surface area contributed by atoms with E-state index in [9.17, 15) is 4.39 Å². The number of halogens is 2. The van der Waals surface area contributed by atoms with Crippen molar-refractivity contribution in [1.82, 2.24) is 0 Å².